The van der Waals surface area contributed by atoms with Crippen LogP contribution in [0.15, 0.2) is 29.4 Å². The van der Waals surface area contributed by atoms with Gasteiger partial charge in [-0.05, 0) is 13.1 Å². The van der Waals surface area contributed by atoms with Crippen LogP contribution in [0.3, 0.4) is 0 Å². The summed E-state index contributed by atoms with van der Waals surface area (Å²) >= 11 is 0. The van der Waals surface area contributed by atoms with E-state index in [4.69, 9.17) is 4.42 Å². The van der Waals surface area contributed by atoms with Crippen LogP contribution >= 0.6 is 0 Å². The first-order valence-corrected chi connectivity index (χ1v) is 5.71. The zero-order valence-corrected chi connectivity index (χ0v) is 10.5. The van der Waals surface area contributed by atoms with Gasteiger partial charge in [0.1, 0.15) is 5.76 Å². The molecule has 0 aliphatic carbocycles. The molecule has 0 saturated carbocycles. The molecule has 0 saturated heterocycles. The van der Waals surface area contributed by atoms with E-state index in [9.17, 15) is 0 Å². The van der Waals surface area contributed by atoms with E-state index in [1.807, 2.05) is 12.1 Å². The molecular formula is C13H22N2O. The molecule has 1 aromatic rings. The lowest BCUT2D eigenvalue weighted by atomic mass is 10.2. The smallest absolute Gasteiger partial charge is 0.122 e. The fourth-order valence-electron chi connectivity index (χ4n) is 1.54. The van der Waals surface area contributed by atoms with Crippen molar-refractivity contribution in [1.29, 1.82) is 0 Å². The molecule has 1 aromatic heterocycles. The van der Waals surface area contributed by atoms with Gasteiger partial charge in [-0.15, -0.1) is 6.58 Å². The molecule has 0 unspecified atom stereocenters. The van der Waals surface area contributed by atoms with Gasteiger partial charge in [-0.2, -0.15) is 0 Å². The summed E-state index contributed by atoms with van der Waals surface area (Å²) in [5.74, 6) is 1.03. The molecule has 0 aliphatic rings. The van der Waals surface area contributed by atoms with Crippen LogP contribution in [-0.4, -0.2) is 24.5 Å². The van der Waals surface area contributed by atoms with Gasteiger partial charge in [-0.25, -0.2) is 0 Å². The maximum Gasteiger partial charge on any atom is 0.122 e. The van der Waals surface area contributed by atoms with E-state index >= 15 is 0 Å². The standard InChI is InChI=1S/C13H22N2O/c1-5-7-15(4)10-12-6-8-16-13(12)9-14-11(2)3/h5-6,8,11,14H,1,7,9-10H2,2-4H3. The maximum absolute atomic E-state index is 5.48. The van der Waals surface area contributed by atoms with Crippen molar-refractivity contribution in [2.45, 2.75) is 33.0 Å². The van der Waals surface area contributed by atoms with Crippen molar-refractivity contribution >= 4 is 0 Å². The summed E-state index contributed by atoms with van der Waals surface area (Å²) in [6.07, 6.45) is 3.67. The third-order valence-corrected chi connectivity index (χ3v) is 2.39. The number of furan rings is 1. The van der Waals surface area contributed by atoms with Crippen LogP contribution in [-0.2, 0) is 13.1 Å². The minimum absolute atomic E-state index is 0.476. The zero-order valence-electron chi connectivity index (χ0n) is 10.5. The molecule has 0 bridgehead atoms. The third kappa shape index (κ3) is 4.21. The van der Waals surface area contributed by atoms with Crippen LogP contribution in [0.2, 0.25) is 0 Å². The van der Waals surface area contributed by atoms with E-state index in [0.29, 0.717) is 6.04 Å². The van der Waals surface area contributed by atoms with Crippen molar-refractivity contribution in [3.8, 4) is 0 Å². The lowest BCUT2D eigenvalue weighted by Crippen LogP contribution is -2.23. The van der Waals surface area contributed by atoms with E-state index < -0.39 is 0 Å². The highest BCUT2D eigenvalue weighted by Crippen LogP contribution is 2.12. The Bertz CT molecular complexity index is 317. The molecule has 16 heavy (non-hydrogen) atoms. The van der Waals surface area contributed by atoms with Gasteiger partial charge in [0.25, 0.3) is 0 Å². The Balaban J connectivity index is 2.52. The number of rotatable bonds is 7. The average molecular weight is 222 g/mol. The van der Waals surface area contributed by atoms with Crippen LogP contribution < -0.4 is 5.32 Å². The summed E-state index contributed by atoms with van der Waals surface area (Å²) in [7, 11) is 2.08. The molecule has 0 amide bonds. The van der Waals surface area contributed by atoms with Gasteiger partial charge in [0, 0.05) is 24.7 Å². The monoisotopic (exact) mass is 222 g/mol. The first-order chi connectivity index (χ1) is 7.63. The molecule has 0 spiro atoms. The van der Waals surface area contributed by atoms with Crippen LogP contribution in [0.5, 0.6) is 0 Å². The number of likely N-dealkylation sites (N-methyl/N-ethyl adjacent to an activating group) is 1. The Morgan fingerprint density at radius 3 is 2.94 bits per heavy atom. The van der Waals surface area contributed by atoms with Crippen LogP contribution in [0, 0.1) is 0 Å². The van der Waals surface area contributed by atoms with Crippen molar-refractivity contribution in [3.05, 3.63) is 36.3 Å². The normalized spacial score (nSPS) is 11.3. The predicted octanol–water partition coefficient (Wildman–Crippen LogP) is 2.40. The van der Waals surface area contributed by atoms with E-state index in [0.717, 1.165) is 25.4 Å². The molecule has 3 heteroatoms. The van der Waals surface area contributed by atoms with Gasteiger partial charge in [-0.1, -0.05) is 19.9 Å². The Morgan fingerprint density at radius 1 is 1.56 bits per heavy atom. The maximum atomic E-state index is 5.48. The van der Waals surface area contributed by atoms with Gasteiger partial charge in [0.05, 0.1) is 12.8 Å². The first-order valence-electron chi connectivity index (χ1n) is 5.71. The van der Waals surface area contributed by atoms with E-state index in [2.05, 4.69) is 37.7 Å². The zero-order chi connectivity index (χ0) is 12.0. The highest BCUT2D eigenvalue weighted by atomic mass is 16.3. The molecule has 90 valence electrons. The lowest BCUT2D eigenvalue weighted by Gasteiger charge is -2.14. The highest BCUT2D eigenvalue weighted by molar-refractivity contribution is 5.16. The average Bonchev–Trinajstić information content (AvgIpc) is 2.62. The second-order valence-electron chi connectivity index (χ2n) is 4.39. The molecule has 3 nitrogen and oxygen atoms in total. The van der Waals surface area contributed by atoms with Gasteiger partial charge in [0.15, 0.2) is 0 Å². The third-order valence-electron chi connectivity index (χ3n) is 2.39. The Kier molecular flexibility index (Phi) is 5.29. The van der Waals surface area contributed by atoms with Crippen molar-refractivity contribution in [1.82, 2.24) is 10.2 Å². The van der Waals surface area contributed by atoms with Crippen molar-refractivity contribution in [2.24, 2.45) is 0 Å². The second kappa shape index (κ2) is 6.51. The highest BCUT2D eigenvalue weighted by Gasteiger charge is 2.08. The molecule has 0 radical (unpaired) electrons. The quantitative estimate of drug-likeness (QED) is 0.718. The molecule has 1 heterocycles. The number of nitrogens with zero attached hydrogens (tertiary/aromatic N) is 1. The van der Waals surface area contributed by atoms with Crippen LogP contribution in [0.1, 0.15) is 25.2 Å². The molecule has 1 rings (SSSR count). The molecule has 0 fully saturated rings. The van der Waals surface area contributed by atoms with Gasteiger partial charge in [0.2, 0.25) is 0 Å². The summed E-state index contributed by atoms with van der Waals surface area (Å²) in [6.45, 7) is 10.6. The number of nitrogens with one attached hydrogen (secondary N) is 1. The summed E-state index contributed by atoms with van der Waals surface area (Å²) < 4.78 is 5.48. The summed E-state index contributed by atoms with van der Waals surface area (Å²) in [6, 6.07) is 2.51. The Hall–Kier alpha value is -1.06. The fourth-order valence-corrected chi connectivity index (χ4v) is 1.54. The van der Waals surface area contributed by atoms with Crippen molar-refractivity contribution in [2.75, 3.05) is 13.6 Å². The summed E-state index contributed by atoms with van der Waals surface area (Å²) in [5.41, 5.74) is 1.25. The van der Waals surface area contributed by atoms with Crippen LogP contribution in [0.25, 0.3) is 0 Å². The van der Waals surface area contributed by atoms with E-state index in [-0.39, 0.29) is 0 Å². The Morgan fingerprint density at radius 2 is 2.31 bits per heavy atom. The van der Waals surface area contributed by atoms with Gasteiger partial charge < -0.3 is 9.73 Å². The fraction of sp³-hybridized carbons (Fsp3) is 0.538. The number of hydrogen-bond donors (Lipinski definition) is 1. The molecule has 0 aromatic carbocycles. The molecule has 1 N–H and O–H groups in total. The predicted molar refractivity (Wildman–Crippen MR) is 67.2 cm³/mol. The van der Waals surface area contributed by atoms with E-state index in [1.165, 1.54) is 5.56 Å². The first kappa shape index (κ1) is 13.0. The Labute approximate surface area is 98.1 Å². The summed E-state index contributed by atoms with van der Waals surface area (Å²) in [5, 5.41) is 3.36. The van der Waals surface area contributed by atoms with Gasteiger partial charge >= 0.3 is 0 Å². The SMILES string of the molecule is C=CCN(C)Cc1ccoc1CNC(C)C. The molecular weight excluding hydrogens is 200 g/mol. The minimum Gasteiger partial charge on any atom is -0.468 e. The number of hydrogen-bond acceptors (Lipinski definition) is 3. The van der Waals surface area contributed by atoms with Gasteiger partial charge in [-0.3, -0.25) is 4.90 Å². The topological polar surface area (TPSA) is 28.4 Å². The van der Waals surface area contributed by atoms with Crippen molar-refractivity contribution in [3.63, 3.8) is 0 Å². The second-order valence-corrected chi connectivity index (χ2v) is 4.39. The van der Waals surface area contributed by atoms with Crippen LogP contribution in [0.4, 0.5) is 0 Å². The molecule has 0 aliphatic heterocycles. The molecule has 0 atom stereocenters. The minimum atomic E-state index is 0.476. The largest absolute Gasteiger partial charge is 0.468 e. The van der Waals surface area contributed by atoms with Crippen molar-refractivity contribution < 1.29 is 4.42 Å². The van der Waals surface area contributed by atoms with E-state index in [1.54, 1.807) is 6.26 Å². The summed E-state index contributed by atoms with van der Waals surface area (Å²) in [4.78, 5) is 2.21. The lowest BCUT2D eigenvalue weighted by molar-refractivity contribution is 0.356.